The van der Waals surface area contributed by atoms with E-state index >= 15 is 0 Å². The standard InChI is InChI=1S/C26H22FNO3/c1-16(2)25(28)30-21-12-7-19(8-13-21)23-14-9-20(15-24(23)27)18-5-10-22(11-6-18)31-26(29)17(3)4/h5-15,28H,1,3H2,2,4H3. The highest BCUT2D eigenvalue weighted by atomic mass is 19.1. The van der Waals surface area contributed by atoms with E-state index in [4.69, 9.17) is 14.9 Å². The molecule has 0 aliphatic heterocycles. The molecular formula is C26H22FNO3. The lowest BCUT2D eigenvalue weighted by Crippen LogP contribution is -2.07. The lowest BCUT2D eigenvalue weighted by atomic mass is 9.99. The van der Waals surface area contributed by atoms with Gasteiger partial charge >= 0.3 is 5.97 Å². The second-order valence-electron chi connectivity index (χ2n) is 7.12. The van der Waals surface area contributed by atoms with Crippen molar-refractivity contribution in [3.63, 3.8) is 0 Å². The molecule has 31 heavy (non-hydrogen) atoms. The van der Waals surface area contributed by atoms with Gasteiger partial charge in [0.05, 0.1) is 0 Å². The first-order valence-electron chi connectivity index (χ1n) is 9.55. The SMILES string of the molecule is C=C(C)C(=N)Oc1ccc(-c2ccc(-c3ccc(OC(=O)C(=C)C)cc3)cc2F)cc1. The number of nitrogens with one attached hydrogen (secondary N) is 1. The molecule has 3 aromatic carbocycles. The molecule has 3 rings (SSSR count). The van der Waals surface area contributed by atoms with Gasteiger partial charge in [0.15, 0.2) is 0 Å². The number of carbonyl (C=O) groups excluding carboxylic acids is 1. The smallest absolute Gasteiger partial charge is 0.338 e. The van der Waals surface area contributed by atoms with Crippen LogP contribution in [0.5, 0.6) is 11.5 Å². The van der Waals surface area contributed by atoms with E-state index in [1.807, 2.05) is 6.07 Å². The minimum absolute atomic E-state index is 0.0105. The topological polar surface area (TPSA) is 59.4 Å². The Hall–Kier alpha value is -3.99. The van der Waals surface area contributed by atoms with Crippen LogP contribution in [0.15, 0.2) is 91.0 Å². The Morgan fingerprint density at radius 2 is 1.29 bits per heavy atom. The molecule has 0 aromatic heterocycles. The number of rotatable bonds is 6. The van der Waals surface area contributed by atoms with E-state index in [0.29, 0.717) is 39.3 Å². The molecule has 4 nitrogen and oxygen atoms in total. The van der Waals surface area contributed by atoms with Gasteiger partial charge in [0.2, 0.25) is 5.90 Å². The summed E-state index contributed by atoms with van der Waals surface area (Å²) in [6.45, 7) is 10.5. The fourth-order valence-corrected chi connectivity index (χ4v) is 2.75. The van der Waals surface area contributed by atoms with Crippen LogP contribution in [0.4, 0.5) is 4.39 Å². The Bertz CT molecular complexity index is 1160. The maximum Gasteiger partial charge on any atom is 0.338 e. The van der Waals surface area contributed by atoms with Crippen molar-refractivity contribution in [2.45, 2.75) is 13.8 Å². The lowest BCUT2D eigenvalue weighted by Gasteiger charge is -2.10. The van der Waals surface area contributed by atoms with E-state index in [2.05, 4.69) is 13.2 Å². The Morgan fingerprint density at radius 1 is 0.774 bits per heavy atom. The van der Waals surface area contributed by atoms with Crippen LogP contribution >= 0.6 is 0 Å². The number of halogens is 1. The summed E-state index contributed by atoms with van der Waals surface area (Å²) in [5, 5.41) is 7.69. The molecule has 0 unspecified atom stereocenters. The highest BCUT2D eigenvalue weighted by Gasteiger charge is 2.10. The van der Waals surface area contributed by atoms with Crippen LogP contribution in [0, 0.1) is 11.2 Å². The highest BCUT2D eigenvalue weighted by Crippen LogP contribution is 2.30. The van der Waals surface area contributed by atoms with Crippen molar-refractivity contribution >= 4 is 11.9 Å². The molecule has 0 spiro atoms. The fraction of sp³-hybridized carbons (Fsp3) is 0.0769. The van der Waals surface area contributed by atoms with Gasteiger partial charge in [-0.05, 0) is 60.9 Å². The molecule has 0 atom stereocenters. The number of hydrogen-bond acceptors (Lipinski definition) is 4. The fourth-order valence-electron chi connectivity index (χ4n) is 2.75. The molecule has 0 bridgehead atoms. The van der Waals surface area contributed by atoms with Crippen molar-refractivity contribution in [2.75, 3.05) is 0 Å². The van der Waals surface area contributed by atoms with Crippen LogP contribution in [-0.2, 0) is 4.79 Å². The van der Waals surface area contributed by atoms with Gasteiger partial charge in [0.1, 0.15) is 17.3 Å². The van der Waals surface area contributed by atoms with E-state index in [9.17, 15) is 9.18 Å². The van der Waals surface area contributed by atoms with Gasteiger partial charge < -0.3 is 9.47 Å². The quantitative estimate of drug-likeness (QED) is 0.163. The molecule has 0 heterocycles. The molecule has 0 amide bonds. The first-order valence-corrected chi connectivity index (χ1v) is 9.55. The molecule has 0 saturated carbocycles. The average Bonchev–Trinajstić information content (AvgIpc) is 2.74. The molecule has 3 aromatic rings. The third-order valence-corrected chi connectivity index (χ3v) is 4.49. The number of carbonyl (C=O) groups is 1. The van der Waals surface area contributed by atoms with E-state index < -0.39 is 5.97 Å². The number of hydrogen-bond donors (Lipinski definition) is 1. The third kappa shape index (κ3) is 5.34. The van der Waals surface area contributed by atoms with Crippen molar-refractivity contribution in [1.29, 1.82) is 5.41 Å². The van der Waals surface area contributed by atoms with Crippen LogP contribution in [0.3, 0.4) is 0 Å². The van der Waals surface area contributed by atoms with E-state index in [-0.39, 0.29) is 11.7 Å². The first kappa shape index (κ1) is 21.7. The van der Waals surface area contributed by atoms with Crippen molar-refractivity contribution in [3.05, 3.63) is 96.9 Å². The normalized spacial score (nSPS) is 10.3. The van der Waals surface area contributed by atoms with Gasteiger partial charge in [-0.15, -0.1) is 0 Å². The van der Waals surface area contributed by atoms with Crippen LogP contribution in [0.25, 0.3) is 22.3 Å². The summed E-state index contributed by atoms with van der Waals surface area (Å²) >= 11 is 0. The lowest BCUT2D eigenvalue weighted by molar-refractivity contribution is -0.130. The summed E-state index contributed by atoms with van der Waals surface area (Å²) in [4.78, 5) is 11.6. The number of esters is 1. The molecule has 1 N–H and O–H groups in total. The summed E-state index contributed by atoms with van der Waals surface area (Å²) in [6.07, 6.45) is 0. The second-order valence-corrected chi connectivity index (χ2v) is 7.12. The molecule has 156 valence electrons. The maximum atomic E-state index is 14.8. The van der Waals surface area contributed by atoms with Gasteiger partial charge in [-0.3, -0.25) is 5.41 Å². The number of ether oxygens (including phenoxy) is 2. The predicted octanol–water partition coefficient (Wildman–Crippen LogP) is 6.57. The Morgan fingerprint density at radius 3 is 1.81 bits per heavy atom. The van der Waals surface area contributed by atoms with Crippen LogP contribution in [0.1, 0.15) is 13.8 Å². The first-order chi connectivity index (χ1) is 14.7. The molecule has 5 heteroatoms. The van der Waals surface area contributed by atoms with E-state index in [1.54, 1.807) is 68.4 Å². The second kappa shape index (κ2) is 9.22. The highest BCUT2D eigenvalue weighted by molar-refractivity contribution is 5.91. The summed E-state index contributed by atoms with van der Waals surface area (Å²) in [5.41, 5.74) is 3.48. The largest absolute Gasteiger partial charge is 0.439 e. The molecule has 0 radical (unpaired) electrons. The predicted molar refractivity (Wildman–Crippen MR) is 121 cm³/mol. The maximum absolute atomic E-state index is 14.8. The zero-order chi connectivity index (χ0) is 22.5. The average molecular weight is 415 g/mol. The van der Waals surface area contributed by atoms with Crippen molar-refractivity contribution < 1.29 is 18.7 Å². The summed E-state index contributed by atoms with van der Waals surface area (Å²) in [6, 6.07) is 18.7. The van der Waals surface area contributed by atoms with Gasteiger partial charge in [-0.25, -0.2) is 9.18 Å². The monoisotopic (exact) mass is 415 g/mol. The Labute approximate surface area is 180 Å². The van der Waals surface area contributed by atoms with E-state index in [0.717, 1.165) is 5.56 Å². The minimum atomic E-state index is -0.490. The van der Waals surface area contributed by atoms with Crippen molar-refractivity contribution in [1.82, 2.24) is 0 Å². The minimum Gasteiger partial charge on any atom is -0.439 e. The summed E-state index contributed by atoms with van der Waals surface area (Å²) in [5.74, 6) is 0.0236. The van der Waals surface area contributed by atoms with Crippen LogP contribution < -0.4 is 9.47 Å². The van der Waals surface area contributed by atoms with Crippen molar-refractivity contribution in [2.24, 2.45) is 0 Å². The number of benzene rings is 3. The summed E-state index contributed by atoms with van der Waals surface area (Å²) in [7, 11) is 0. The molecule has 0 aliphatic rings. The molecular weight excluding hydrogens is 393 g/mol. The van der Waals surface area contributed by atoms with Gasteiger partial charge in [0.25, 0.3) is 0 Å². The van der Waals surface area contributed by atoms with Crippen molar-refractivity contribution in [3.8, 4) is 33.8 Å². The Balaban J connectivity index is 1.77. The van der Waals surface area contributed by atoms with Gasteiger partial charge in [0, 0.05) is 16.7 Å². The molecule has 0 aliphatic carbocycles. The van der Waals surface area contributed by atoms with Crippen LogP contribution in [0.2, 0.25) is 0 Å². The molecule has 0 saturated heterocycles. The van der Waals surface area contributed by atoms with Gasteiger partial charge in [-0.2, -0.15) is 0 Å². The Kier molecular flexibility index (Phi) is 6.46. The van der Waals surface area contributed by atoms with Gasteiger partial charge in [-0.1, -0.05) is 49.6 Å². The molecule has 0 fully saturated rings. The zero-order valence-electron chi connectivity index (χ0n) is 17.4. The van der Waals surface area contributed by atoms with E-state index in [1.165, 1.54) is 6.07 Å². The zero-order valence-corrected chi connectivity index (χ0v) is 17.4. The summed E-state index contributed by atoms with van der Waals surface area (Å²) < 4.78 is 25.4. The third-order valence-electron chi connectivity index (χ3n) is 4.49. The van der Waals surface area contributed by atoms with Crippen LogP contribution in [-0.4, -0.2) is 11.9 Å².